The lowest BCUT2D eigenvalue weighted by molar-refractivity contribution is -0.125. The first-order chi connectivity index (χ1) is 23.7. The van der Waals surface area contributed by atoms with Crippen molar-refractivity contribution < 1.29 is 29.0 Å². The van der Waals surface area contributed by atoms with Crippen molar-refractivity contribution in [1.29, 1.82) is 0 Å². The number of aromatic nitrogens is 2. The monoisotopic (exact) mass is 667 g/mol. The molecule has 4 rings (SSSR count). The fourth-order valence-corrected chi connectivity index (χ4v) is 5.25. The largest absolute Gasteiger partial charge is 0.445 e. The number of carbonyl (C=O) groups excluding carboxylic acids is 3. The highest BCUT2D eigenvalue weighted by Gasteiger charge is 2.30. The van der Waals surface area contributed by atoms with Crippen LogP contribution in [0.1, 0.15) is 48.2 Å². The van der Waals surface area contributed by atoms with Crippen LogP contribution in [0.15, 0.2) is 104 Å². The summed E-state index contributed by atoms with van der Waals surface area (Å²) in [6.07, 6.45) is 3.24. The van der Waals surface area contributed by atoms with Gasteiger partial charge in [0.05, 0.1) is 12.1 Å². The summed E-state index contributed by atoms with van der Waals surface area (Å²) < 4.78 is 10.8. The molecular weight excluding hydrogens is 622 g/mol. The summed E-state index contributed by atoms with van der Waals surface area (Å²) in [7, 11) is 0. The Hall–Kier alpha value is -5.29. The number of hydrogen-bond donors (Lipinski definition) is 4. The molecule has 0 saturated carbocycles. The van der Waals surface area contributed by atoms with Gasteiger partial charge in [0.1, 0.15) is 19.3 Å². The van der Waals surface area contributed by atoms with E-state index in [0.717, 1.165) is 27.9 Å². The SMILES string of the molecule is Cc1ccc(COC(=O)NC(C(=O)N[C@@H](Cc2ccccc2)C[C@H](O)[C@H](Cc2ccccc2)NC(=O)OCc2cccnc2)C(C)C)cn1. The Morgan fingerprint density at radius 3 is 1.88 bits per heavy atom. The number of aliphatic hydroxyl groups is 1. The molecule has 3 amide bonds. The van der Waals surface area contributed by atoms with E-state index in [1.165, 1.54) is 0 Å². The van der Waals surface area contributed by atoms with E-state index in [0.29, 0.717) is 12.8 Å². The molecule has 2 aromatic carbocycles. The molecule has 0 spiro atoms. The summed E-state index contributed by atoms with van der Waals surface area (Å²) >= 11 is 0. The maximum atomic E-state index is 13.7. The summed E-state index contributed by atoms with van der Waals surface area (Å²) in [6.45, 7) is 5.55. The van der Waals surface area contributed by atoms with Gasteiger partial charge >= 0.3 is 12.2 Å². The average molecular weight is 668 g/mol. The van der Waals surface area contributed by atoms with Crippen molar-refractivity contribution in [2.24, 2.45) is 5.92 Å². The number of nitrogens with one attached hydrogen (secondary N) is 3. The number of carbonyl (C=O) groups is 3. The van der Waals surface area contributed by atoms with Crippen LogP contribution in [0.3, 0.4) is 0 Å². The minimum absolute atomic E-state index is 0.00878. The van der Waals surface area contributed by atoms with Crippen LogP contribution in [0.25, 0.3) is 0 Å². The van der Waals surface area contributed by atoms with Crippen molar-refractivity contribution in [3.63, 3.8) is 0 Å². The molecule has 11 heteroatoms. The Balaban J connectivity index is 1.45. The third-order valence-electron chi connectivity index (χ3n) is 7.92. The van der Waals surface area contributed by atoms with Gasteiger partial charge in [-0.3, -0.25) is 14.8 Å². The van der Waals surface area contributed by atoms with Gasteiger partial charge in [0.25, 0.3) is 0 Å². The van der Waals surface area contributed by atoms with E-state index in [9.17, 15) is 19.5 Å². The average Bonchev–Trinajstić information content (AvgIpc) is 3.10. The van der Waals surface area contributed by atoms with E-state index in [4.69, 9.17) is 9.47 Å². The highest BCUT2D eigenvalue weighted by Crippen LogP contribution is 2.16. The van der Waals surface area contributed by atoms with Crippen molar-refractivity contribution >= 4 is 18.1 Å². The summed E-state index contributed by atoms with van der Waals surface area (Å²) in [6, 6.07) is 24.1. The number of amides is 3. The van der Waals surface area contributed by atoms with Crippen LogP contribution in [0.2, 0.25) is 0 Å². The highest BCUT2D eigenvalue weighted by atomic mass is 16.6. The molecule has 4 aromatic rings. The van der Waals surface area contributed by atoms with Gasteiger partial charge < -0.3 is 30.5 Å². The van der Waals surface area contributed by atoms with Crippen LogP contribution < -0.4 is 16.0 Å². The predicted octanol–water partition coefficient (Wildman–Crippen LogP) is 5.05. The zero-order valence-electron chi connectivity index (χ0n) is 28.1. The first-order valence-corrected chi connectivity index (χ1v) is 16.4. The summed E-state index contributed by atoms with van der Waals surface area (Å²) in [5.41, 5.74) is 4.16. The minimum Gasteiger partial charge on any atom is -0.445 e. The number of nitrogens with zero attached hydrogens (tertiary/aromatic N) is 2. The highest BCUT2D eigenvalue weighted by molar-refractivity contribution is 5.86. The fourth-order valence-electron chi connectivity index (χ4n) is 5.25. The molecule has 2 heterocycles. The maximum absolute atomic E-state index is 13.7. The number of hydrogen-bond acceptors (Lipinski definition) is 8. The van der Waals surface area contributed by atoms with Crippen LogP contribution in [-0.2, 0) is 40.3 Å². The predicted molar refractivity (Wildman–Crippen MR) is 185 cm³/mol. The van der Waals surface area contributed by atoms with Crippen molar-refractivity contribution in [2.75, 3.05) is 0 Å². The minimum atomic E-state index is -1.07. The Morgan fingerprint density at radius 1 is 0.714 bits per heavy atom. The lowest BCUT2D eigenvalue weighted by Gasteiger charge is -2.30. The number of pyridine rings is 2. The van der Waals surface area contributed by atoms with Crippen molar-refractivity contribution in [3.05, 3.63) is 131 Å². The van der Waals surface area contributed by atoms with Gasteiger partial charge in [-0.25, -0.2) is 9.59 Å². The summed E-state index contributed by atoms with van der Waals surface area (Å²) in [5, 5.41) is 20.2. The van der Waals surface area contributed by atoms with Crippen LogP contribution in [-0.4, -0.2) is 57.4 Å². The molecule has 1 unspecified atom stereocenters. The van der Waals surface area contributed by atoms with Crippen LogP contribution in [0, 0.1) is 12.8 Å². The third kappa shape index (κ3) is 12.7. The lowest BCUT2D eigenvalue weighted by atomic mass is 9.93. The second-order valence-corrected chi connectivity index (χ2v) is 12.3. The Morgan fingerprint density at radius 2 is 1.31 bits per heavy atom. The van der Waals surface area contributed by atoms with Gasteiger partial charge in [-0.15, -0.1) is 0 Å². The number of rotatable bonds is 16. The van der Waals surface area contributed by atoms with Gasteiger partial charge in [0.2, 0.25) is 5.91 Å². The quantitative estimate of drug-likeness (QED) is 0.130. The number of benzene rings is 2. The molecular formula is C38H45N5O6. The molecule has 0 aliphatic heterocycles. The summed E-state index contributed by atoms with van der Waals surface area (Å²) in [4.78, 5) is 47.6. The van der Waals surface area contributed by atoms with Gasteiger partial charge in [-0.05, 0) is 55.4 Å². The van der Waals surface area contributed by atoms with E-state index in [2.05, 4.69) is 25.9 Å². The molecule has 258 valence electrons. The summed E-state index contributed by atoms with van der Waals surface area (Å²) in [5.74, 6) is -0.682. The molecule has 49 heavy (non-hydrogen) atoms. The molecule has 11 nitrogen and oxygen atoms in total. The number of aryl methyl sites for hydroxylation is 1. The van der Waals surface area contributed by atoms with E-state index < -0.39 is 42.3 Å². The smallest absolute Gasteiger partial charge is 0.408 e. The molecule has 4 atom stereocenters. The fraction of sp³-hybridized carbons (Fsp3) is 0.342. The normalized spacial score (nSPS) is 13.4. The second-order valence-electron chi connectivity index (χ2n) is 12.3. The second kappa shape index (κ2) is 18.9. The number of alkyl carbamates (subject to hydrolysis) is 2. The van der Waals surface area contributed by atoms with Gasteiger partial charge in [-0.1, -0.05) is 86.6 Å². The molecule has 0 bridgehead atoms. The maximum Gasteiger partial charge on any atom is 0.408 e. The van der Waals surface area contributed by atoms with Gasteiger partial charge in [0, 0.05) is 41.5 Å². The molecule has 0 aliphatic carbocycles. The Bertz CT molecular complexity index is 1590. The van der Waals surface area contributed by atoms with Crippen LogP contribution in [0.5, 0.6) is 0 Å². The first-order valence-electron chi connectivity index (χ1n) is 16.4. The molecule has 0 radical (unpaired) electrons. The third-order valence-corrected chi connectivity index (χ3v) is 7.92. The van der Waals surface area contributed by atoms with Crippen molar-refractivity contribution in [1.82, 2.24) is 25.9 Å². The van der Waals surface area contributed by atoms with Crippen LogP contribution in [0.4, 0.5) is 9.59 Å². The molecule has 2 aromatic heterocycles. The molecule has 0 aliphatic rings. The van der Waals surface area contributed by atoms with Crippen molar-refractivity contribution in [2.45, 2.75) is 77.5 Å². The van der Waals surface area contributed by atoms with Crippen molar-refractivity contribution in [3.8, 4) is 0 Å². The molecule has 0 saturated heterocycles. The topological polar surface area (TPSA) is 152 Å². The van der Waals surface area contributed by atoms with Crippen LogP contribution >= 0.6 is 0 Å². The first kappa shape index (κ1) is 36.5. The van der Waals surface area contributed by atoms with Gasteiger partial charge in [0.15, 0.2) is 0 Å². The van der Waals surface area contributed by atoms with E-state index in [-0.39, 0.29) is 25.6 Å². The van der Waals surface area contributed by atoms with E-state index >= 15 is 0 Å². The lowest BCUT2D eigenvalue weighted by Crippen LogP contribution is -2.54. The standard InChI is InChI=1S/C38H45N5O6/c1-26(2)35(43-38(47)49-25-31-17-16-27(3)40-23-31)36(45)41-32(19-28-11-6-4-7-12-28)21-34(44)33(20-29-13-8-5-9-14-29)42-37(46)48-24-30-15-10-18-39-22-30/h4-18,22-23,26,32-35,44H,19-21,24-25H2,1-3H3,(H,41,45)(H,42,46)(H,43,47)/t32-,33-,34-,35?/m0/s1. The van der Waals surface area contributed by atoms with E-state index in [1.807, 2.05) is 93.6 Å². The molecule has 0 fully saturated rings. The number of aliphatic hydroxyl groups excluding tert-OH is 1. The molecule has 4 N–H and O–H groups in total. The Labute approximate surface area is 287 Å². The Kier molecular flexibility index (Phi) is 14.1. The number of ether oxygens (including phenoxy) is 2. The zero-order chi connectivity index (χ0) is 35.0. The van der Waals surface area contributed by atoms with Gasteiger partial charge in [-0.2, -0.15) is 0 Å². The zero-order valence-corrected chi connectivity index (χ0v) is 28.1. The van der Waals surface area contributed by atoms with E-state index in [1.54, 1.807) is 30.7 Å².